The fourth-order valence-electron chi connectivity index (χ4n) is 4.28. The van der Waals surface area contributed by atoms with Crippen molar-refractivity contribution < 1.29 is 14.3 Å². The van der Waals surface area contributed by atoms with Gasteiger partial charge < -0.3 is 18.6 Å². The number of rotatable bonds is 3. The number of carbonyl (C=O) groups is 1. The molecule has 0 radical (unpaired) electrons. The van der Waals surface area contributed by atoms with Crippen LogP contribution in [0.15, 0.2) is 36.4 Å². The molecule has 0 saturated carbocycles. The fraction of sp³-hybridized carbons (Fsp3) is 0.364. The van der Waals surface area contributed by atoms with Gasteiger partial charge in [-0.05, 0) is 61.0 Å². The highest BCUT2D eigenvalue weighted by Gasteiger charge is 2.44. The average molecular weight is 429 g/mol. The minimum absolute atomic E-state index is 0.0264. The van der Waals surface area contributed by atoms with Crippen LogP contribution in [0, 0.1) is 18.6 Å². The third kappa shape index (κ3) is 3.06. The van der Waals surface area contributed by atoms with Crippen molar-refractivity contribution in [2.75, 3.05) is 6.61 Å². The van der Waals surface area contributed by atoms with Gasteiger partial charge in [0.2, 0.25) is 6.29 Å². The van der Waals surface area contributed by atoms with Crippen LogP contribution in [0.3, 0.4) is 0 Å². The molecule has 0 spiro atoms. The van der Waals surface area contributed by atoms with E-state index in [1.54, 1.807) is 0 Å². The number of Topliss-reactive ketones (excluding diaryl/α,β-unsaturated/α-hetero) is 1. The molecule has 3 atom stereocenters. The average Bonchev–Trinajstić information content (AvgIpc) is 3.23. The van der Waals surface area contributed by atoms with E-state index in [4.69, 9.17) is 33.3 Å². The first-order valence-electron chi connectivity index (χ1n) is 9.69. The summed E-state index contributed by atoms with van der Waals surface area (Å²) in [6.07, 6.45) is -0.529. The molecular formula is C22H21ClN2O3S. The summed E-state index contributed by atoms with van der Waals surface area (Å²) < 4.78 is 16.2. The maximum Gasteiger partial charge on any atom is 0.218 e. The van der Waals surface area contributed by atoms with Gasteiger partial charge >= 0.3 is 0 Å². The molecule has 150 valence electrons. The van der Waals surface area contributed by atoms with Crippen LogP contribution < -0.4 is 0 Å². The number of ketones is 1. The van der Waals surface area contributed by atoms with E-state index < -0.39 is 6.29 Å². The van der Waals surface area contributed by atoms with Gasteiger partial charge in [0.1, 0.15) is 6.10 Å². The smallest absolute Gasteiger partial charge is 0.218 e. The Labute approximate surface area is 178 Å². The molecule has 2 aliphatic rings. The second kappa shape index (κ2) is 7.06. The summed E-state index contributed by atoms with van der Waals surface area (Å²) in [6, 6.07) is 11.9. The van der Waals surface area contributed by atoms with E-state index in [-0.39, 0.29) is 17.9 Å². The number of imidazole rings is 1. The minimum Gasteiger partial charge on any atom is -0.343 e. The Morgan fingerprint density at radius 1 is 1.17 bits per heavy atom. The van der Waals surface area contributed by atoms with Gasteiger partial charge in [-0.1, -0.05) is 29.8 Å². The molecule has 3 heterocycles. The van der Waals surface area contributed by atoms with Crippen LogP contribution >= 0.6 is 23.8 Å². The highest BCUT2D eigenvalue weighted by atomic mass is 35.5. The molecule has 5 nitrogen and oxygen atoms in total. The Balaban J connectivity index is 1.71. The lowest BCUT2D eigenvalue weighted by Gasteiger charge is -2.28. The molecule has 5 rings (SSSR count). The standard InChI is InChI=1S/C22H21ClN2O3S/c1-12-7-16-17(8-13(12)2)25(18-9-19(26)21-27-11-20(18)28-21)22(29)24(16)10-14-5-3-4-6-15(14)23/h3-8,18,20-21H,9-11H2,1-2H3/t18-,20-,21-/m0/s1. The minimum atomic E-state index is -0.717. The van der Waals surface area contributed by atoms with Gasteiger partial charge in [0.15, 0.2) is 10.6 Å². The number of nitrogens with zero attached hydrogens (tertiary/aromatic N) is 2. The maximum atomic E-state index is 12.4. The van der Waals surface area contributed by atoms with Gasteiger partial charge in [-0.15, -0.1) is 0 Å². The van der Waals surface area contributed by atoms with Crippen LogP contribution in [0.5, 0.6) is 0 Å². The normalized spacial score (nSPS) is 23.8. The van der Waals surface area contributed by atoms with Gasteiger partial charge in [0, 0.05) is 11.4 Å². The molecular weight excluding hydrogens is 408 g/mol. The van der Waals surface area contributed by atoms with E-state index in [0.29, 0.717) is 29.4 Å². The molecule has 0 amide bonds. The zero-order valence-electron chi connectivity index (χ0n) is 16.2. The van der Waals surface area contributed by atoms with Crippen molar-refractivity contribution in [2.24, 2.45) is 0 Å². The monoisotopic (exact) mass is 428 g/mol. The van der Waals surface area contributed by atoms with Gasteiger partial charge in [-0.3, -0.25) is 4.79 Å². The van der Waals surface area contributed by atoms with Crippen molar-refractivity contribution in [3.63, 3.8) is 0 Å². The third-order valence-electron chi connectivity index (χ3n) is 6.01. The van der Waals surface area contributed by atoms with Crippen molar-refractivity contribution in [2.45, 2.75) is 45.2 Å². The Morgan fingerprint density at radius 3 is 2.66 bits per heavy atom. The van der Waals surface area contributed by atoms with Gasteiger partial charge in [0.05, 0.1) is 30.2 Å². The Kier molecular flexibility index (Phi) is 4.62. The molecule has 2 bridgehead atoms. The van der Waals surface area contributed by atoms with E-state index in [1.807, 2.05) is 24.3 Å². The lowest BCUT2D eigenvalue weighted by molar-refractivity contribution is -0.156. The van der Waals surface area contributed by atoms with Crippen LogP contribution in [-0.4, -0.2) is 33.9 Å². The number of hydrogen-bond acceptors (Lipinski definition) is 4. The van der Waals surface area contributed by atoms with Gasteiger partial charge in [-0.2, -0.15) is 0 Å². The first-order valence-corrected chi connectivity index (χ1v) is 10.5. The summed E-state index contributed by atoms with van der Waals surface area (Å²) in [6.45, 7) is 5.16. The van der Waals surface area contributed by atoms with E-state index >= 15 is 0 Å². The van der Waals surface area contributed by atoms with Gasteiger partial charge in [-0.25, -0.2) is 0 Å². The lowest BCUT2D eigenvalue weighted by atomic mass is 10.0. The molecule has 2 aliphatic heterocycles. The number of carbonyl (C=O) groups excluding carboxylic acids is 1. The molecule has 0 unspecified atom stereocenters. The third-order valence-corrected chi connectivity index (χ3v) is 6.79. The summed E-state index contributed by atoms with van der Waals surface area (Å²) in [5.74, 6) is -0.0264. The van der Waals surface area contributed by atoms with E-state index in [2.05, 4.69) is 35.1 Å². The van der Waals surface area contributed by atoms with Crippen LogP contribution in [0.4, 0.5) is 0 Å². The molecule has 2 saturated heterocycles. The molecule has 2 fully saturated rings. The van der Waals surface area contributed by atoms with Crippen LogP contribution in [0.1, 0.15) is 29.2 Å². The predicted octanol–water partition coefficient (Wildman–Crippen LogP) is 4.75. The molecule has 0 aliphatic carbocycles. The Hall–Kier alpha value is -1.99. The predicted molar refractivity (Wildman–Crippen MR) is 114 cm³/mol. The van der Waals surface area contributed by atoms with Crippen LogP contribution in [-0.2, 0) is 20.8 Å². The summed E-state index contributed by atoms with van der Waals surface area (Å²) in [7, 11) is 0. The zero-order chi connectivity index (χ0) is 20.3. The number of hydrogen-bond donors (Lipinski definition) is 0. The SMILES string of the molecule is Cc1cc2c(cc1C)n([C@H]1CC(=O)[C@H]3OC[C@@H]1O3)c(=S)n2Cc1ccccc1Cl. The summed E-state index contributed by atoms with van der Waals surface area (Å²) in [5, 5.41) is 0.711. The molecule has 0 N–H and O–H groups in total. The van der Waals surface area contributed by atoms with Crippen LogP contribution in [0.2, 0.25) is 5.02 Å². The summed E-state index contributed by atoms with van der Waals surface area (Å²) >= 11 is 12.4. The zero-order valence-corrected chi connectivity index (χ0v) is 17.8. The summed E-state index contributed by atoms with van der Waals surface area (Å²) in [4.78, 5) is 12.4. The highest BCUT2D eigenvalue weighted by molar-refractivity contribution is 7.71. The number of ether oxygens (including phenoxy) is 2. The van der Waals surface area contributed by atoms with Crippen molar-refractivity contribution >= 4 is 40.6 Å². The Bertz CT molecular complexity index is 1200. The summed E-state index contributed by atoms with van der Waals surface area (Å²) in [5.41, 5.74) is 5.42. The second-order valence-corrected chi connectivity index (χ2v) is 8.61. The van der Waals surface area contributed by atoms with E-state index in [0.717, 1.165) is 16.6 Å². The molecule has 2 aromatic carbocycles. The Morgan fingerprint density at radius 2 is 1.90 bits per heavy atom. The number of aryl methyl sites for hydroxylation is 2. The molecule has 29 heavy (non-hydrogen) atoms. The van der Waals surface area contributed by atoms with Gasteiger partial charge in [0.25, 0.3) is 0 Å². The number of fused-ring (bicyclic) bond motifs is 3. The second-order valence-electron chi connectivity index (χ2n) is 7.83. The number of aromatic nitrogens is 2. The van der Waals surface area contributed by atoms with E-state index in [1.165, 1.54) is 11.1 Å². The van der Waals surface area contributed by atoms with Crippen molar-refractivity contribution in [1.29, 1.82) is 0 Å². The van der Waals surface area contributed by atoms with Crippen molar-refractivity contribution in [3.05, 3.63) is 62.9 Å². The largest absolute Gasteiger partial charge is 0.343 e. The van der Waals surface area contributed by atoms with Crippen molar-refractivity contribution in [1.82, 2.24) is 9.13 Å². The van der Waals surface area contributed by atoms with Crippen molar-refractivity contribution in [3.8, 4) is 0 Å². The first-order chi connectivity index (χ1) is 13.9. The molecule has 7 heteroatoms. The molecule has 1 aromatic heterocycles. The quantitative estimate of drug-likeness (QED) is 0.565. The number of benzene rings is 2. The van der Waals surface area contributed by atoms with E-state index in [9.17, 15) is 4.79 Å². The highest BCUT2D eigenvalue weighted by Crippen LogP contribution is 2.37. The maximum absolute atomic E-state index is 12.4. The topological polar surface area (TPSA) is 45.4 Å². The lowest BCUT2D eigenvalue weighted by Crippen LogP contribution is -2.37. The first kappa shape index (κ1) is 19.0. The molecule has 3 aromatic rings. The fourth-order valence-corrected chi connectivity index (χ4v) is 4.87. The number of halogens is 1. The van der Waals surface area contributed by atoms with Crippen LogP contribution in [0.25, 0.3) is 11.0 Å².